The fourth-order valence-corrected chi connectivity index (χ4v) is 1.89. The molecule has 0 saturated heterocycles. The first kappa shape index (κ1) is 10.5. The summed E-state index contributed by atoms with van der Waals surface area (Å²) in [6, 6.07) is 1.47. The molecule has 0 fully saturated rings. The molecule has 0 aliphatic rings. The number of hydrogen-bond acceptors (Lipinski definition) is 3. The van der Waals surface area contributed by atoms with E-state index in [1.165, 1.54) is 6.07 Å². The van der Waals surface area contributed by atoms with Crippen LogP contribution < -0.4 is 0 Å². The van der Waals surface area contributed by atoms with Crippen LogP contribution in [-0.4, -0.2) is 4.98 Å². The van der Waals surface area contributed by atoms with Crippen LogP contribution in [0.1, 0.15) is 15.6 Å². The van der Waals surface area contributed by atoms with Crippen molar-refractivity contribution in [3.63, 3.8) is 0 Å². The molecule has 0 aliphatic heterocycles. The van der Waals surface area contributed by atoms with E-state index in [2.05, 4.69) is 20.9 Å². The van der Waals surface area contributed by atoms with Gasteiger partial charge >= 0.3 is 6.18 Å². The first-order valence-electron chi connectivity index (χ1n) is 3.02. The summed E-state index contributed by atoms with van der Waals surface area (Å²) in [6.45, 7) is 0. The highest BCUT2D eigenvalue weighted by Crippen LogP contribution is 2.34. The molecule has 13 heavy (non-hydrogen) atoms. The van der Waals surface area contributed by atoms with Gasteiger partial charge in [0.2, 0.25) is 0 Å². The van der Waals surface area contributed by atoms with Crippen LogP contribution in [-0.2, 0) is 11.5 Å². The van der Waals surface area contributed by atoms with E-state index in [9.17, 15) is 13.2 Å². The number of thiazole rings is 1. The van der Waals surface area contributed by atoms with Crippen molar-refractivity contribution in [1.29, 1.82) is 5.26 Å². The molecule has 0 bridgehead atoms. The predicted octanol–water partition coefficient (Wildman–Crippen LogP) is 2.93. The highest BCUT2D eigenvalue weighted by molar-refractivity contribution is 9.08. The van der Waals surface area contributed by atoms with Crippen molar-refractivity contribution in [3.05, 3.63) is 15.6 Å². The summed E-state index contributed by atoms with van der Waals surface area (Å²) in [5.41, 5.74) is -1.09. The van der Waals surface area contributed by atoms with E-state index < -0.39 is 11.9 Å². The topological polar surface area (TPSA) is 36.7 Å². The van der Waals surface area contributed by atoms with Gasteiger partial charge in [-0.25, -0.2) is 4.98 Å². The van der Waals surface area contributed by atoms with Gasteiger partial charge in [0, 0.05) is 0 Å². The van der Waals surface area contributed by atoms with E-state index in [4.69, 9.17) is 5.26 Å². The molecule has 1 rings (SSSR count). The number of nitrogens with zero attached hydrogens (tertiary/aromatic N) is 2. The Hall–Kier alpha value is -0.610. The van der Waals surface area contributed by atoms with Gasteiger partial charge in [0.15, 0.2) is 5.69 Å². The summed E-state index contributed by atoms with van der Waals surface area (Å²) in [4.78, 5) is 2.91. The zero-order valence-electron chi connectivity index (χ0n) is 6.02. The first-order chi connectivity index (χ1) is 5.99. The molecule has 0 unspecified atom stereocenters. The van der Waals surface area contributed by atoms with E-state index in [0.29, 0.717) is 0 Å². The summed E-state index contributed by atoms with van der Waals surface area (Å²) in [5.74, 6) is 0. The predicted molar refractivity (Wildman–Crippen MR) is 44.5 cm³/mol. The van der Waals surface area contributed by atoms with Crippen molar-refractivity contribution < 1.29 is 13.2 Å². The van der Waals surface area contributed by atoms with Gasteiger partial charge in [0.25, 0.3) is 0 Å². The van der Waals surface area contributed by atoms with Gasteiger partial charge in [-0.2, -0.15) is 18.4 Å². The van der Waals surface area contributed by atoms with Gasteiger partial charge in [0.05, 0.1) is 5.33 Å². The van der Waals surface area contributed by atoms with E-state index in [1.54, 1.807) is 0 Å². The summed E-state index contributed by atoms with van der Waals surface area (Å²) in [7, 11) is 0. The zero-order valence-corrected chi connectivity index (χ0v) is 8.42. The van der Waals surface area contributed by atoms with Crippen molar-refractivity contribution in [2.75, 3.05) is 0 Å². The second kappa shape index (κ2) is 3.64. The third-order valence-corrected chi connectivity index (χ3v) is 3.02. The summed E-state index contributed by atoms with van der Waals surface area (Å²) in [6.07, 6.45) is -4.54. The van der Waals surface area contributed by atoms with Gasteiger partial charge in [-0.3, -0.25) is 0 Å². The van der Waals surface area contributed by atoms with Crippen molar-refractivity contribution in [2.24, 2.45) is 0 Å². The van der Waals surface area contributed by atoms with Crippen LogP contribution in [0.15, 0.2) is 0 Å². The lowest BCUT2D eigenvalue weighted by atomic mass is 10.4. The number of alkyl halides is 4. The Kier molecular flexibility index (Phi) is 2.93. The monoisotopic (exact) mass is 270 g/mol. The Morgan fingerprint density at radius 2 is 2.15 bits per heavy atom. The molecule has 7 heteroatoms. The molecule has 1 heterocycles. The highest BCUT2D eigenvalue weighted by atomic mass is 79.9. The quantitative estimate of drug-likeness (QED) is 0.736. The largest absolute Gasteiger partial charge is 0.435 e. The average molecular weight is 271 g/mol. The maximum absolute atomic E-state index is 12.2. The van der Waals surface area contributed by atoms with Crippen LogP contribution in [0.5, 0.6) is 0 Å². The fourth-order valence-electron chi connectivity index (χ4n) is 0.689. The van der Waals surface area contributed by atoms with E-state index in [0.717, 1.165) is 11.3 Å². The summed E-state index contributed by atoms with van der Waals surface area (Å²) >= 11 is 3.72. The standard InChI is InChI=1S/C6H2BrF3N2S/c7-1-4-12-5(6(8,9)10)3(2-11)13-4/h1H2. The van der Waals surface area contributed by atoms with Gasteiger partial charge in [-0.1, -0.05) is 15.9 Å². The molecule has 0 spiro atoms. The Labute approximate surface area is 84.1 Å². The molecule has 0 radical (unpaired) electrons. The fraction of sp³-hybridized carbons (Fsp3) is 0.333. The van der Waals surface area contributed by atoms with E-state index in [1.807, 2.05) is 0 Å². The first-order valence-corrected chi connectivity index (χ1v) is 4.95. The van der Waals surface area contributed by atoms with Crippen LogP contribution in [0.4, 0.5) is 13.2 Å². The number of nitriles is 1. The van der Waals surface area contributed by atoms with Gasteiger partial charge in [0.1, 0.15) is 16.0 Å². The highest BCUT2D eigenvalue weighted by Gasteiger charge is 2.37. The van der Waals surface area contributed by atoms with Crippen LogP contribution in [0.25, 0.3) is 0 Å². The molecule has 0 N–H and O–H groups in total. The molecule has 0 aliphatic carbocycles. The maximum Gasteiger partial charge on any atom is 0.435 e. The molecule has 1 aromatic rings. The van der Waals surface area contributed by atoms with Crippen molar-refractivity contribution in [1.82, 2.24) is 4.98 Å². The molecule has 1 aromatic heterocycles. The third kappa shape index (κ3) is 2.19. The molecule has 70 valence electrons. The van der Waals surface area contributed by atoms with Crippen molar-refractivity contribution >= 4 is 27.3 Å². The maximum atomic E-state index is 12.2. The summed E-state index contributed by atoms with van der Waals surface area (Å²) < 4.78 is 36.5. The third-order valence-electron chi connectivity index (χ3n) is 1.16. The van der Waals surface area contributed by atoms with E-state index >= 15 is 0 Å². The summed E-state index contributed by atoms with van der Waals surface area (Å²) in [5, 5.41) is 8.87. The molecule has 0 saturated carbocycles. The van der Waals surface area contributed by atoms with Crippen LogP contribution in [0, 0.1) is 11.3 Å². The van der Waals surface area contributed by atoms with Crippen molar-refractivity contribution in [2.45, 2.75) is 11.5 Å². The lowest BCUT2D eigenvalue weighted by molar-refractivity contribution is -0.141. The second-order valence-electron chi connectivity index (χ2n) is 2.03. The Morgan fingerprint density at radius 3 is 2.46 bits per heavy atom. The Bertz CT molecular complexity index is 352. The van der Waals surface area contributed by atoms with Crippen LogP contribution in [0.2, 0.25) is 0 Å². The minimum Gasteiger partial charge on any atom is -0.234 e. The average Bonchev–Trinajstić information content (AvgIpc) is 2.46. The lowest BCUT2D eigenvalue weighted by Gasteiger charge is -2.00. The molecule has 0 aromatic carbocycles. The minimum absolute atomic E-state index is 0.225. The zero-order chi connectivity index (χ0) is 10.1. The van der Waals surface area contributed by atoms with Gasteiger partial charge in [-0.15, -0.1) is 11.3 Å². The number of rotatable bonds is 1. The smallest absolute Gasteiger partial charge is 0.234 e. The molecule has 2 nitrogen and oxygen atoms in total. The second-order valence-corrected chi connectivity index (χ2v) is 3.67. The SMILES string of the molecule is N#Cc1sc(CBr)nc1C(F)(F)F. The number of halogens is 4. The van der Waals surface area contributed by atoms with Gasteiger partial charge in [-0.05, 0) is 0 Å². The molecule has 0 amide bonds. The Morgan fingerprint density at radius 1 is 1.54 bits per heavy atom. The van der Waals surface area contributed by atoms with Crippen LogP contribution >= 0.6 is 27.3 Å². The normalized spacial score (nSPS) is 11.3. The minimum atomic E-state index is -4.54. The number of hydrogen-bond donors (Lipinski definition) is 0. The molecular weight excluding hydrogens is 269 g/mol. The lowest BCUT2D eigenvalue weighted by Crippen LogP contribution is -2.07. The van der Waals surface area contributed by atoms with Gasteiger partial charge < -0.3 is 0 Å². The van der Waals surface area contributed by atoms with Crippen LogP contribution in [0.3, 0.4) is 0 Å². The Balaban J connectivity index is 3.21. The molecule has 0 atom stereocenters. The van der Waals surface area contributed by atoms with Crippen molar-refractivity contribution in [3.8, 4) is 6.07 Å². The van der Waals surface area contributed by atoms with E-state index in [-0.39, 0.29) is 15.2 Å². The number of aromatic nitrogens is 1. The molecular formula is C6H2BrF3N2S.